The number of piperidine rings is 1. The molecule has 3 N–H and O–H groups in total. The van der Waals surface area contributed by atoms with E-state index in [0.29, 0.717) is 43.2 Å². The zero-order valence-electron chi connectivity index (χ0n) is 21.3. The maximum atomic E-state index is 13.6. The lowest BCUT2D eigenvalue weighted by Crippen LogP contribution is -2.38. The number of ether oxygens (including phenoxy) is 2. The Bertz CT molecular complexity index is 1590. The van der Waals surface area contributed by atoms with Crippen molar-refractivity contribution in [1.82, 2.24) is 18.7 Å². The number of fused-ring (bicyclic) bond motifs is 2. The Hall–Kier alpha value is -3.83. The first-order chi connectivity index (χ1) is 18.4. The van der Waals surface area contributed by atoms with Crippen LogP contribution < -0.4 is 20.5 Å². The van der Waals surface area contributed by atoms with E-state index in [0.717, 1.165) is 29.1 Å². The molecule has 0 radical (unpaired) electrons. The number of imidazole rings is 1. The summed E-state index contributed by atoms with van der Waals surface area (Å²) in [5.74, 6) is 2.15. The Labute approximate surface area is 221 Å². The van der Waals surface area contributed by atoms with E-state index in [1.54, 1.807) is 18.3 Å². The van der Waals surface area contributed by atoms with Crippen molar-refractivity contribution in [3.8, 4) is 11.5 Å². The Balaban J connectivity index is 1.28. The van der Waals surface area contributed by atoms with Crippen LogP contribution in [0.2, 0.25) is 0 Å². The summed E-state index contributed by atoms with van der Waals surface area (Å²) in [5, 5.41) is 3.58. The van der Waals surface area contributed by atoms with E-state index in [9.17, 15) is 8.42 Å². The highest BCUT2D eigenvalue weighted by Crippen LogP contribution is 2.39. The second-order valence-electron chi connectivity index (χ2n) is 9.64. The molecule has 6 rings (SSSR count). The van der Waals surface area contributed by atoms with Gasteiger partial charge >= 0.3 is 0 Å². The molecule has 4 heterocycles. The molecule has 4 aromatic rings. The van der Waals surface area contributed by atoms with Gasteiger partial charge in [-0.3, -0.25) is 4.40 Å². The molecule has 1 fully saturated rings. The number of rotatable bonds is 6. The first-order valence-electron chi connectivity index (χ1n) is 12.6. The van der Waals surface area contributed by atoms with Crippen LogP contribution in [0.3, 0.4) is 0 Å². The molecule has 38 heavy (non-hydrogen) atoms. The molecule has 2 aromatic carbocycles. The lowest BCUT2D eigenvalue weighted by molar-refractivity contribution is 0.310. The van der Waals surface area contributed by atoms with Crippen LogP contribution in [0.5, 0.6) is 11.5 Å². The summed E-state index contributed by atoms with van der Waals surface area (Å²) in [4.78, 5) is 9.55. The Morgan fingerprint density at radius 2 is 1.87 bits per heavy atom. The number of hydrogen-bond acceptors (Lipinski definition) is 8. The van der Waals surface area contributed by atoms with Gasteiger partial charge in [0.2, 0.25) is 10.0 Å². The van der Waals surface area contributed by atoms with Gasteiger partial charge in [-0.05, 0) is 36.6 Å². The molecule has 2 aromatic heterocycles. The molecule has 11 heteroatoms. The van der Waals surface area contributed by atoms with Crippen LogP contribution in [0.25, 0.3) is 5.52 Å². The van der Waals surface area contributed by atoms with Crippen LogP contribution in [0.4, 0.5) is 11.5 Å². The molecule has 2 aliphatic rings. The fourth-order valence-electron chi connectivity index (χ4n) is 5.59. The minimum atomic E-state index is -3.77. The lowest BCUT2D eigenvalue weighted by atomic mass is 9.97. The van der Waals surface area contributed by atoms with Crippen LogP contribution in [-0.2, 0) is 16.4 Å². The molecule has 0 aliphatic carbocycles. The van der Waals surface area contributed by atoms with Gasteiger partial charge in [-0.1, -0.05) is 18.2 Å². The quantitative estimate of drug-likeness (QED) is 0.385. The molecule has 1 saturated heterocycles. The molecule has 1 unspecified atom stereocenters. The van der Waals surface area contributed by atoms with E-state index in [-0.39, 0.29) is 16.9 Å². The summed E-state index contributed by atoms with van der Waals surface area (Å²) >= 11 is 0. The second-order valence-corrected chi connectivity index (χ2v) is 11.5. The predicted molar refractivity (Wildman–Crippen MR) is 144 cm³/mol. The van der Waals surface area contributed by atoms with Gasteiger partial charge < -0.3 is 20.5 Å². The smallest absolute Gasteiger partial charge is 0.246 e. The zero-order valence-corrected chi connectivity index (χ0v) is 22.1. The van der Waals surface area contributed by atoms with E-state index in [4.69, 9.17) is 20.2 Å². The van der Waals surface area contributed by atoms with Crippen LogP contribution in [-0.4, -0.2) is 54.4 Å². The fourth-order valence-corrected chi connectivity index (χ4v) is 7.23. The SMILES string of the molecule is COc1ccc(OC)c(S(=O)(=O)N2CCC(c3nc(C4Cc5ccccc5N4)c4c(N)nccn34)CC2)c1. The van der Waals surface area contributed by atoms with E-state index in [1.807, 2.05) is 22.7 Å². The monoisotopic (exact) mass is 534 g/mol. The van der Waals surface area contributed by atoms with Gasteiger partial charge in [0.25, 0.3) is 0 Å². The van der Waals surface area contributed by atoms with Crippen LogP contribution in [0.15, 0.2) is 59.8 Å². The number of nitrogens with one attached hydrogen (secondary N) is 1. The zero-order chi connectivity index (χ0) is 26.4. The van der Waals surface area contributed by atoms with Crippen molar-refractivity contribution >= 4 is 27.0 Å². The average Bonchev–Trinajstić information content (AvgIpc) is 3.55. The lowest BCUT2D eigenvalue weighted by Gasteiger charge is -2.31. The molecular weight excluding hydrogens is 504 g/mol. The third kappa shape index (κ3) is 4.02. The van der Waals surface area contributed by atoms with Gasteiger partial charge in [-0.2, -0.15) is 4.31 Å². The van der Waals surface area contributed by atoms with Gasteiger partial charge in [0.05, 0.1) is 26.0 Å². The number of anilines is 2. The Kier molecular flexibility index (Phi) is 6.11. The van der Waals surface area contributed by atoms with E-state index in [2.05, 4.69) is 22.4 Å². The molecule has 0 spiro atoms. The highest BCUT2D eigenvalue weighted by molar-refractivity contribution is 7.89. The summed E-state index contributed by atoms with van der Waals surface area (Å²) in [6.45, 7) is 0.733. The predicted octanol–water partition coefficient (Wildman–Crippen LogP) is 3.61. The van der Waals surface area contributed by atoms with Gasteiger partial charge in [0.15, 0.2) is 0 Å². The van der Waals surface area contributed by atoms with Crippen LogP contribution in [0, 0.1) is 0 Å². The highest BCUT2D eigenvalue weighted by Gasteiger charge is 2.35. The topological polar surface area (TPSA) is 124 Å². The minimum Gasteiger partial charge on any atom is -0.497 e. The number of sulfonamides is 1. The third-order valence-electron chi connectivity index (χ3n) is 7.55. The van der Waals surface area contributed by atoms with Crippen molar-refractivity contribution in [3.63, 3.8) is 0 Å². The summed E-state index contributed by atoms with van der Waals surface area (Å²) in [6, 6.07) is 13.1. The number of nitrogen functional groups attached to an aromatic ring is 1. The summed E-state index contributed by atoms with van der Waals surface area (Å²) < 4.78 is 41.3. The van der Waals surface area contributed by atoms with Gasteiger partial charge in [0, 0.05) is 49.6 Å². The van der Waals surface area contributed by atoms with Gasteiger partial charge in [0.1, 0.15) is 33.6 Å². The maximum Gasteiger partial charge on any atom is 0.246 e. The summed E-state index contributed by atoms with van der Waals surface area (Å²) in [5.41, 5.74) is 10.4. The molecule has 198 valence electrons. The molecular formula is C27H30N6O4S. The highest BCUT2D eigenvalue weighted by atomic mass is 32.2. The average molecular weight is 535 g/mol. The fraction of sp³-hybridized carbons (Fsp3) is 0.333. The van der Waals surface area contributed by atoms with E-state index < -0.39 is 10.0 Å². The van der Waals surface area contributed by atoms with Crippen molar-refractivity contribution in [1.29, 1.82) is 0 Å². The summed E-state index contributed by atoms with van der Waals surface area (Å²) in [7, 11) is -0.796. The number of hydrogen-bond donors (Lipinski definition) is 2. The third-order valence-corrected chi connectivity index (χ3v) is 9.47. The van der Waals surface area contributed by atoms with Crippen LogP contribution in [0.1, 0.15) is 41.9 Å². The van der Waals surface area contributed by atoms with Crippen molar-refractivity contribution in [2.45, 2.75) is 36.1 Å². The van der Waals surface area contributed by atoms with Crippen LogP contribution >= 0.6 is 0 Å². The minimum absolute atomic E-state index is 0.0105. The Morgan fingerprint density at radius 3 is 2.61 bits per heavy atom. The summed E-state index contributed by atoms with van der Waals surface area (Å²) in [6.07, 6.45) is 5.65. The van der Waals surface area contributed by atoms with E-state index >= 15 is 0 Å². The molecule has 1 atom stereocenters. The van der Waals surface area contributed by atoms with Crippen molar-refractivity contribution in [3.05, 3.63) is 71.9 Å². The molecule has 0 amide bonds. The first kappa shape index (κ1) is 24.5. The number of aromatic nitrogens is 3. The Morgan fingerprint density at radius 1 is 1.08 bits per heavy atom. The standard InChI is InChI=1S/C27H30N6O4S/c1-36-19-7-8-22(37-2)23(16-19)38(34,35)32-12-9-17(10-13-32)27-31-24(25-26(28)29-11-14-33(25)27)21-15-18-5-3-4-6-20(18)30-21/h3-8,11,14,16-17,21,30H,9-10,12-13,15H2,1-2H3,(H2,28,29). The molecule has 10 nitrogen and oxygen atoms in total. The number of para-hydroxylation sites is 1. The molecule has 0 bridgehead atoms. The van der Waals surface area contributed by atoms with Gasteiger partial charge in [-0.15, -0.1) is 0 Å². The molecule has 0 saturated carbocycles. The van der Waals surface area contributed by atoms with Crippen molar-refractivity contribution < 1.29 is 17.9 Å². The second kappa shape index (κ2) is 9.48. The van der Waals surface area contributed by atoms with Gasteiger partial charge in [-0.25, -0.2) is 18.4 Å². The largest absolute Gasteiger partial charge is 0.497 e. The molecule has 2 aliphatic heterocycles. The number of nitrogens with two attached hydrogens (primary N) is 1. The first-order valence-corrected chi connectivity index (χ1v) is 14.0. The number of nitrogens with zero attached hydrogens (tertiary/aromatic N) is 4. The van der Waals surface area contributed by atoms with Crippen molar-refractivity contribution in [2.75, 3.05) is 38.4 Å². The van der Waals surface area contributed by atoms with E-state index in [1.165, 1.54) is 30.2 Å². The maximum absolute atomic E-state index is 13.6. The normalized spacial score (nSPS) is 18.3. The van der Waals surface area contributed by atoms with Crippen molar-refractivity contribution in [2.24, 2.45) is 0 Å². The number of methoxy groups -OCH3 is 2. The number of benzene rings is 2.